The van der Waals surface area contributed by atoms with Crippen LogP contribution >= 0.6 is 0 Å². The second kappa shape index (κ2) is 9.73. The van der Waals surface area contributed by atoms with E-state index in [1.165, 1.54) is 12.8 Å². The van der Waals surface area contributed by atoms with Gasteiger partial charge in [-0.25, -0.2) is 0 Å². The van der Waals surface area contributed by atoms with E-state index in [4.69, 9.17) is 0 Å². The predicted molar refractivity (Wildman–Crippen MR) is 90.8 cm³/mol. The minimum atomic E-state index is 0.268. The Bertz CT molecular complexity index is 395. The Hall–Kier alpha value is -1.15. The van der Waals surface area contributed by atoms with Gasteiger partial charge in [-0.3, -0.25) is 4.79 Å². The molecule has 1 aromatic rings. The highest BCUT2D eigenvalue weighted by Gasteiger charge is 2.16. The fraction of sp³-hybridized carbons (Fsp3) is 0.632. The van der Waals surface area contributed by atoms with Crippen molar-refractivity contribution in [3.63, 3.8) is 0 Å². The van der Waals surface area contributed by atoms with Gasteiger partial charge in [-0.15, -0.1) is 0 Å². The average molecular weight is 289 g/mol. The normalized spacial score (nSPS) is 11.6. The molecule has 118 valence electrons. The van der Waals surface area contributed by atoms with Gasteiger partial charge in [-0.2, -0.15) is 0 Å². The number of rotatable bonds is 10. The summed E-state index contributed by atoms with van der Waals surface area (Å²) in [5.74, 6) is 0.945. The molecular formula is C19H31NO. The van der Waals surface area contributed by atoms with Crippen LogP contribution in [0.5, 0.6) is 0 Å². The molecule has 0 aliphatic carbocycles. The highest BCUT2D eigenvalue weighted by atomic mass is 16.1. The van der Waals surface area contributed by atoms with E-state index in [-0.39, 0.29) is 5.78 Å². The van der Waals surface area contributed by atoms with E-state index in [0.717, 1.165) is 25.1 Å². The van der Waals surface area contributed by atoms with E-state index >= 15 is 0 Å². The molecule has 0 saturated heterocycles. The van der Waals surface area contributed by atoms with Gasteiger partial charge in [0.2, 0.25) is 0 Å². The number of hydrogen-bond donors (Lipinski definition) is 0. The van der Waals surface area contributed by atoms with Crippen LogP contribution in [0.3, 0.4) is 0 Å². The summed E-state index contributed by atoms with van der Waals surface area (Å²) < 4.78 is 0. The number of benzene rings is 1. The maximum absolute atomic E-state index is 12.1. The lowest BCUT2D eigenvalue weighted by Gasteiger charge is -2.31. The summed E-state index contributed by atoms with van der Waals surface area (Å²) >= 11 is 0. The van der Waals surface area contributed by atoms with Crippen LogP contribution < -0.4 is 0 Å². The molecule has 1 rings (SSSR count). The van der Waals surface area contributed by atoms with E-state index < -0.39 is 0 Å². The Morgan fingerprint density at radius 2 is 1.71 bits per heavy atom. The Morgan fingerprint density at radius 3 is 2.24 bits per heavy atom. The number of carbonyl (C=O) groups is 1. The Balaban J connectivity index is 2.47. The van der Waals surface area contributed by atoms with E-state index in [1.807, 2.05) is 30.3 Å². The first kappa shape index (κ1) is 17.9. The molecule has 0 fully saturated rings. The highest BCUT2D eigenvalue weighted by molar-refractivity contribution is 5.95. The van der Waals surface area contributed by atoms with E-state index in [0.29, 0.717) is 18.4 Å². The maximum Gasteiger partial charge on any atom is 0.162 e. The third-order valence-electron chi connectivity index (χ3n) is 4.00. The van der Waals surface area contributed by atoms with E-state index in [1.54, 1.807) is 0 Å². The van der Waals surface area contributed by atoms with E-state index in [2.05, 4.69) is 32.6 Å². The van der Waals surface area contributed by atoms with Crippen LogP contribution in [0.2, 0.25) is 0 Å². The number of hydrogen-bond acceptors (Lipinski definition) is 2. The number of ketones is 1. The van der Waals surface area contributed by atoms with Crippen molar-refractivity contribution in [3.8, 4) is 0 Å². The molecule has 0 aliphatic rings. The molecule has 0 aliphatic heterocycles. The number of carbonyl (C=O) groups excluding carboxylic acids is 1. The summed E-state index contributed by atoms with van der Waals surface area (Å²) in [4.78, 5) is 14.7. The maximum atomic E-state index is 12.1. The summed E-state index contributed by atoms with van der Waals surface area (Å²) in [5, 5.41) is 0. The van der Waals surface area contributed by atoms with Crippen LogP contribution in [-0.2, 0) is 0 Å². The summed E-state index contributed by atoms with van der Waals surface area (Å²) in [7, 11) is 0. The monoisotopic (exact) mass is 289 g/mol. The van der Waals surface area contributed by atoms with Crippen molar-refractivity contribution >= 4 is 5.78 Å². The van der Waals surface area contributed by atoms with E-state index in [9.17, 15) is 4.79 Å². The summed E-state index contributed by atoms with van der Waals surface area (Å²) in [6.45, 7) is 11.2. The first-order chi connectivity index (χ1) is 10.1. The molecule has 0 heterocycles. The zero-order valence-corrected chi connectivity index (χ0v) is 14.1. The number of nitrogens with zero attached hydrogens (tertiary/aromatic N) is 1. The topological polar surface area (TPSA) is 20.3 Å². The van der Waals surface area contributed by atoms with Gasteiger partial charge in [-0.05, 0) is 31.7 Å². The van der Waals surface area contributed by atoms with Gasteiger partial charge in [0.25, 0.3) is 0 Å². The lowest BCUT2D eigenvalue weighted by molar-refractivity contribution is 0.0966. The van der Waals surface area contributed by atoms with Crippen molar-refractivity contribution < 1.29 is 4.79 Å². The Kier molecular flexibility index (Phi) is 8.29. The summed E-state index contributed by atoms with van der Waals surface area (Å²) in [6.07, 6.45) is 3.99. The zero-order valence-electron chi connectivity index (χ0n) is 14.1. The Labute approximate surface area is 130 Å². The lowest BCUT2D eigenvalue weighted by atomic mass is 10.0. The van der Waals surface area contributed by atoms with Crippen molar-refractivity contribution in [2.24, 2.45) is 5.92 Å². The van der Waals surface area contributed by atoms with Crippen molar-refractivity contribution in [1.29, 1.82) is 0 Å². The molecule has 0 amide bonds. The lowest BCUT2D eigenvalue weighted by Crippen LogP contribution is -2.38. The van der Waals surface area contributed by atoms with Crippen LogP contribution in [0, 0.1) is 5.92 Å². The van der Waals surface area contributed by atoms with Gasteiger partial charge < -0.3 is 4.90 Å². The predicted octanol–water partition coefficient (Wildman–Crippen LogP) is 4.80. The first-order valence-electron chi connectivity index (χ1n) is 8.40. The standard InChI is InChI=1S/C19H31NO/c1-5-18(6-2)20(15-16(3)4)14-10-13-19(21)17-11-8-7-9-12-17/h7-9,11-12,16,18H,5-6,10,13-15H2,1-4H3. The molecule has 0 spiro atoms. The molecule has 21 heavy (non-hydrogen) atoms. The third kappa shape index (κ3) is 6.43. The van der Waals surface area contributed by atoms with Crippen LogP contribution in [0.1, 0.15) is 63.7 Å². The highest BCUT2D eigenvalue weighted by Crippen LogP contribution is 2.13. The SMILES string of the molecule is CCC(CC)N(CCCC(=O)c1ccccc1)CC(C)C. The summed E-state index contributed by atoms with van der Waals surface area (Å²) in [6, 6.07) is 10.3. The molecule has 0 aromatic heterocycles. The molecule has 0 saturated carbocycles. The van der Waals surface area contributed by atoms with Gasteiger partial charge in [0.15, 0.2) is 5.78 Å². The van der Waals surface area contributed by atoms with Crippen LogP contribution in [0.4, 0.5) is 0 Å². The van der Waals surface area contributed by atoms with Gasteiger partial charge in [0, 0.05) is 24.6 Å². The molecule has 0 atom stereocenters. The average Bonchev–Trinajstić information content (AvgIpc) is 2.48. The van der Waals surface area contributed by atoms with Crippen molar-refractivity contribution in [1.82, 2.24) is 4.90 Å². The minimum absolute atomic E-state index is 0.268. The quantitative estimate of drug-likeness (QED) is 0.577. The van der Waals surface area contributed by atoms with Crippen molar-refractivity contribution in [2.75, 3.05) is 13.1 Å². The Morgan fingerprint density at radius 1 is 1.10 bits per heavy atom. The molecule has 2 nitrogen and oxygen atoms in total. The van der Waals surface area contributed by atoms with Crippen LogP contribution in [0.25, 0.3) is 0 Å². The number of Topliss-reactive ketones (excluding diaryl/α,β-unsaturated/α-hetero) is 1. The third-order valence-corrected chi connectivity index (χ3v) is 4.00. The second-order valence-electron chi connectivity index (χ2n) is 6.25. The molecule has 0 unspecified atom stereocenters. The molecule has 0 N–H and O–H groups in total. The second-order valence-corrected chi connectivity index (χ2v) is 6.25. The zero-order chi connectivity index (χ0) is 15.7. The largest absolute Gasteiger partial charge is 0.300 e. The molecule has 1 aromatic carbocycles. The van der Waals surface area contributed by atoms with Gasteiger partial charge in [-0.1, -0.05) is 58.0 Å². The van der Waals surface area contributed by atoms with Crippen molar-refractivity contribution in [3.05, 3.63) is 35.9 Å². The van der Waals surface area contributed by atoms with Crippen LogP contribution in [-0.4, -0.2) is 29.8 Å². The summed E-state index contributed by atoms with van der Waals surface area (Å²) in [5.41, 5.74) is 0.843. The molecule has 2 heteroatoms. The fourth-order valence-corrected chi connectivity index (χ4v) is 2.91. The van der Waals surface area contributed by atoms with Crippen molar-refractivity contribution in [2.45, 2.75) is 59.4 Å². The molecular weight excluding hydrogens is 258 g/mol. The van der Waals surface area contributed by atoms with Crippen LogP contribution in [0.15, 0.2) is 30.3 Å². The minimum Gasteiger partial charge on any atom is -0.300 e. The first-order valence-corrected chi connectivity index (χ1v) is 8.40. The molecule has 0 radical (unpaired) electrons. The smallest absolute Gasteiger partial charge is 0.162 e. The molecule has 0 bridgehead atoms. The van der Waals surface area contributed by atoms with Gasteiger partial charge in [0.05, 0.1) is 0 Å². The van der Waals surface area contributed by atoms with Gasteiger partial charge >= 0.3 is 0 Å². The van der Waals surface area contributed by atoms with Gasteiger partial charge in [0.1, 0.15) is 0 Å². The fourth-order valence-electron chi connectivity index (χ4n) is 2.91.